The molecule has 0 spiro atoms. The van der Waals surface area contributed by atoms with Crippen molar-refractivity contribution in [2.45, 2.75) is 59.3 Å². The monoisotopic (exact) mass is 482 g/mol. The number of aromatic amines is 1. The van der Waals surface area contributed by atoms with Crippen LogP contribution in [0.25, 0.3) is 12.2 Å². The minimum atomic E-state index is -0.210. The first kappa shape index (κ1) is 25.4. The summed E-state index contributed by atoms with van der Waals surface area (Å²) in [7, 11) is 0. The number of benzene rings is 2. The SMILES string of the molecule is CCc1cc(CCC(C)c2ccc(Oc3nc4c(c(=O)[nH]3)/C=C\C(C)C/C=C/4)cc2)ccc1C(C)=O. The molecule has 1 heterocycles. The van der Waals surface area contributed by atoms with Crippen LogP contribution in [-0.2, 0) is 12.8 Å². The number of H-pyrrole nitrogens is 1. The third-order valence-electron chi connectivity index (χ3n) is 6.80. The van der Waals surface area contributed by atoms with Crippen LogP contribution >= 0.6 is 0 Å². The van der Waals surface area contributed by atoms with Crippen molar-refractivity contribution in [3.05, 3.63) is 98.5 Å². The van der Waals surface area contributed by atoms with Crippen molar-refractivity contribution >= 4 is 17.9 Å². The van der Waals surface area contributed by atoms with Crippen molar-refractivity contribution in [2.75, 3.05) is 0 Å². The highest BCUT2D eigenvalue weighted by molar-refractivity contribution is 5.95. The lowest BCUT2D eigenvalue weighted by atomic mass is 9.92. The Hall–Kier alpha value is -3.73. The number of ketones is 1. The van der Waals surface area contributed by atoms with E-state index in [1.807, 2.05) is 42.5 Å². The number of ether oxygens (including phenoxy) is 1. The van der Waals surface area contributed by atoms with Crippen molar-refractivity contribution < 1.29 is 9.53 Å². The smallest absolute Gasteiger partial charge is 0.302 e. The normalized spacial score (nSPS) is 17.4. The van der Waals surface area contributed by atoms with Gasteiger partial charge in [0.1, 0.15) is 5.75 Å². The number of fused-ring (bicyclic) bond motifs is 1. The molecule has 1 N–H and O–H groups in total. The van der Waals surface area contributed by atoms with Crippen LogP contribution in [0.4, 0.5) is 0 Å². The fourth-order valence-corrected chi connectivity index (χ4v) is 4.51. The maximum Gasteiger partial charge on any atom is 0.302 e. The molecule has 1 aliphatic rings. The van der Waals surface area contributed by atoms with Gasteiger partial charge in [0.15, 0.2) is 5.78 Å². The van der Waals surface area contributed by atoms with Crippen LogP contribution in [0.15, 0.2) is 59.4 Å². The molecular formula is C31H34N2O3. The Balaban J connectivity index is 1.41. The fraction of sp³-hybridized carbons (Fsp3) is 0.323. The highest BCUT2D eigenvalue weighted by Gasteiger charge is 2.13. The van der Waals surface area contributed by atoms with Gasteiger partial charge in [0, 0.05) is 5.56 Å². The zero-order chi connectivity index (χ0) is 25.7. The topological polar surface area (TPSA) is 72.0 Å². The van der Waals surface area contributed by atoms with Crippen LogP contribution in [0.3, 0.4) is 0 Å². The first-order valence-electron chi connectivity index (χ1n) is 12.7. The van der Waals surface area contributed by atoms with E-state index in [-0.39, 0.29) is 17.4 Å². The number of rotatable bonds is 8. The van der Waals surface area contributed by atoms with Gasteiger partial charge < -0.3 is 4.74 Å². The van der Waals surface area contributed by atoms with Gasteiger partial charge in [-0.15, -0.1) is 0 Å². The molecule has 0 amide bonds. The van der Waals surface area contributed by atoms with Gasteiger partial charge in [-0.3, -0.25) is 14.6 Å². The van der Waals surface area contributed by atoms with Gasteiger partial charge in [0.25, 0.3) is 5.56 Å². The van der Waals surface area contributed by atoms with Crippen LogP contribution in [0, 0.1) is 5.92 Å². The van der Waals surface area contributed by atoms with E-state index in [4.69, 9.17) is 4.74 Å². The van der Waals surface area contributed by atoms with Crippen molar-refractivity contribution in [3.63, 3.8) is 0 Å². The van der Waals surface area contributed by atoms with Gasteiger partial charge in [-0.2, -0.15) is 4.98 Å². The summed E-state index contributed by atoms with van der Waals surface area (Å²) < 4.78 is 5.89. The predicted molar refractivity (Wildman–Crippen MR) is 146 cm³/mol. The summed E-state index contributed by atoms with van der Waals surface area (Å²) in [6, 6.07) is 14.3. The first-order valence-corrected chi connectivity index (χ1v) is 12.7. The lowest BCUT2D eigenvalue weighted by Crippen LogP contribution is -2.15. The Morgan fingerprint density at radius 2 is 1.94 bits per heavy atom. The molecular weight excluding hydrogens is 448 g/mol. The summed E-state index contributed by atoms with van der Waals surface area (Å²) in [5.41, 5.74) is 5.39. The second-order valence-corrected chi connectivity index (χ2v) is 9.66. The van der Waals surface area contributed by atoms with E-state index in [2.05, 4.69) is 55.0 Å². The largest absolute Gasteiger partial charge is 0.426 e. The summed E-state index contributed by atoms with van der Waals surface area (Å²) in [6.45, 7) is 8.05. The number of nitrogens with one attached hydrogen (secondary N) is 1. The van der Waals surface area contributed by atoms with Crippen LogP contribution in [0.2, 0.25) is 0 Å². The lowest BCUT2D eigenvalue weighted by molar-refractivity contribution is 0.101. The molecule has 186 valence electrons. The predicted octanol–water partition coefficient (Wildman–Crippen LogP) is 7.13. The molecule has 0 radical (unpaired) electrons. The molecule has 5 heteroatoms. The van der Waals surface area contributed by atoms with Gasteiger partial charge in [-0.05, 0) is 79.3 Å². The molecule has 0 fully saturated rings. The van der Waals surface area contributed by atoms with E-state index >= 15 is 0 Å². The number of carbonyl (C=O) groups excluding carboxylic acids is 1. The average molecular weight is 483 g/mol. The number of hydrogen-bond donors (Lipinski definition) is 1. The van der Waals surface area contributed by atoms with Crippen molar-refractivity contribution in [2.24, 2.45) is 5.92 Å². The Labute approximate surface area is 213 Å². The van der Waals surface area contributed by atoms with Crippen molar-refractivity contribution in [1.29, 1.82) is 0 Å². The summed E-state index contributed by atoms with van der Waals surface area (Å²) >= 11 is 0. The minimum Gasteiger partial charge on any atom is -0.426 e. The number of nitrogens with zero attached hydrogens (tertiary/aromatic N) is 1. The average Bonchev–Trinajstić information content (AvgIpc) is 2.85. The number of hydrogen-bond acceptors (Lipinski definition) is 4. The van der Waals surface area contributed by atoms with Gasteiger partial charge in [-0.25, -0.2) is 0 Å². The Kier molecular flexibility index (Phi) is 7.99. The molecule has 36 heavy (non-hydrogen) atoms. The Morgan fingerprint density at radius 3 is 2.67 bits per heavy atom. The molecule has 0 saturated carbocycles. The minimum absolute atomic E-state index is 0.123. The highest BCUT2D eigenvalue weighted by atomic mass is 16.5. The maximum atomic E-state index is 12.6. The molecule has 5 nitrogen and oxygen atoms in total. The third kappa shape index (κ3) is 6.09. The van der Waals surface area contributed by atoms with Crippen LogP contribution in [0.1, 0.15) is 84.8 Å². The zero-order valence-corrected chi connectivity index (χ0v) is 21.5. The standard InChI is InChI=1S/C31H34N2O3/c1-5-24-19-23(12-18-27(24)22(4)34)11-10-21(3)25-13-15-26(16-14-25)36-31-32-29-8-6-7-20(2)9-17-28(29)30(35)33-31/h6,8-9,12-21H,5,7,10-11H2,1-4H3,(H,32,33,35)/b8-6+,17-9-. The van der Waals surface area contributed by atoms with Crippen LogP contribution < -0.4 is 10.3 Å². The van der Waals surface area contributed by atoms with E-state index in [1.54, 1.807) is 6.92 Å². The number of Topliss-reactive ketones (excluding diaryl/α,β-unsaturated/α-hetero) is 1. The van der Waals surface area contributed by atoms with E-state index in [0.29, 0.717) is 28.8 Å². The van der Waals surface area contributed by atoms with E-state index in [0.717, 1.165) is 36.8 Å². The quantitative estimate of drug-likeness (QED) is 0.347. The Bertz CT molecular complexity index is 1350. The van der Waals surface area contributed by atoms with Gasteiger partial charge in [0.05, 0.1) is 11.3 Å². The molecule has 2 unspecified atom stereocenters. The summed E-state index contributed by atoms with van der Waals surface area (Å²) in [6.07, 6.45) is 11.5. The summed E-state index contributed by atoms with van der Waals surface area (Å²) in [5.74, 6) is 1.50. The molecule has 2 aromatic carbocycles. The van der Waals surface area contributed by atoms with Crippen LogP contribution in [-0.4, -0.2) is 15.8 Å². The molecule has 4 rings (SSSR count). The van der Waals surface area contributed by atoms with Gasteiger partial charge >= 0.3 is 6.01 Å². The second kappa shape index (κ2) is 11.3. The van der Waals surface area contributed by atoms with E-state index in [9.17, 15) is 9.59 Å². The number of aryl methyl sites for hydroxylation is 2. The van der Waals surface area contributed by atoms with Gasteiger partial charge in [0.2, 0.25) is 0 Å². The van der Waals surface area contributed by atoms with E-state index in [1.165, 1.54) is 11.1 Å². The number of carbonyl (C=O) groups is 1. The number of aromatic nitrogens is 2. The highest BCUT2D eigenvalue weighted by Crippen LogP contribution is 2.26. The summed E-state index contributed by atoms with van der Waals surface area (Å²) in [4.78, 5) is 31.7. The molecule has 0 aliphatic heterocycles. The third-order valence-corrected chi connectivity index (χ3v) is 6.80. The molecule has 1 aromatic heterocycles. The fourth-order valence-electron chi connectivity index (χ4n) is 4.51. The van der Waals surface area contributed by atoms with Crippen molar-refractivity contribution in [3.8, 4) is 11.8 Å². The maximum absolute atomic E-state index is 12.6. The van der Waals surface area contributed by atoms with Crippen molar-refractivity contribution in [1.82, 2.24) is 9.97 Å². The second-order valence-electron chi connectivity index (χ2n) is 9.66. The molecule has 0 saturated heterocycles. The number of allylic oxidation sites excluding steroid dienone is 2. The molecule has 0 bridgehead atoms. The lowest BCUT2D eigenvalue weighted by Gasteiger charge is -2.14. The molecule has 2 atom stereocenters. The molecule has 1 aliphatic carbocycles. The van der Waals surface area contributed by atoms with Crippen LogP contribution in [0.5, 0.6) is 11.8 Å². The molecule has 3 aromatic rings. The first-order chi connectivity index (χ1) is 17.3. The Morgan fingerprint density at radius 1 is 1.17 bits per heavy atom. The summed E-state index contributed by atoms with van der Waals surface area (Å²) in [5, 5.41) is 0. The van der Waals surface area contributed by atoms with E-state index < -0.39 is 0 Å². The zero-order valence-electron chi connectivity index (χ0n) is 21.5. The van der Waals surface area contributed by atoms with Gasteiger partial charge in [-0.1, -0.05) is 69.3 Å².